The van der Waals surface area contributed by atoms with Gasteiger partial charge in [-0.2, -0.15) is 0 Å². The normalized spacial score (nSPS) is 24.1. The fraction of sp³-hybridized carbons (Fsp3) is 0.583. The van der Waals surface area contributed by atoms with Gasteiger partial charge in [-0.05, 0) is 43.6 Å². The lowest BCUT2D eigenvalue weighted by molar-refractivity contribution is -0.0540. The molecule has 1 aliphatic heterocycles. The van der Waals surface area contributed by atoms with Crippen LogP contribution in [-0.2, 0) is 18.5 Å². The van der Waals surface area contributed by atoms with Crippen molar-refractivity contribution in [3.63, 3.8) is 0 Å². The van der Waals surface area contributed by atoms with E-state index in [-0.39, 0.29) is 28.4 Å². The van der Waals surface area contributed by atoms with E-state index >= 15 is 0 Å². The van der Waals surface area contributed by atoms with E-state index < -0.39 is 51.7 Å². The molecule has 1 saturated heterocycles. The summed E-state index contributed by atoms with van der Waals surface area (Å²) in [5.41, 5.74) is -0.808. The van der Waals surface area contributed by atoms with Crippen molar-refractivity contribution in [1.82, 2.24) is 9.55 Å². The summed E-state index contributed by atoms with van der Waals surface area (Å²) >= 11 is 6.09. The highest BCUT2D eigenvalue weighted by molar-refractivity contribution is 7.53. The zero-order valence-electron chi connectivity index (χ0n) is 22.2. The molecule has 0 aliphatic carbocycles. The predicted molar refractivity (Wildman–Crippen MR) is 144 cm³/mol. The Kier molecular flexibility index (Phi) is 9.01. The van der Waals surface area contributed by atoms with Crippen LogP contribution >= 0.6 is 19.2 Å². The third kappa shape index (κ3) is 6.84. The van der Waals surface area contributed by atoms with Gasteiger partial charge in [0.2, 0.25) is 0 Å². The number of methoxy groups -OCH3 is 1. The first-order valence-corrected chi connectivity index (χ1v) is 17.1. The van der Waals surface area contributed by atoms with Crippen LogP contribution in [0.25, 0.3) is 0 Å². The second kappa shape index (κ2) is 11.2. The number of hydrogen-bond acceptors (Lipinski definition) is 7. The van der Waals surface area contributed by atoms with Gasteiger partial charge in [-0.3, -0.25) is 14.3 Å². The summed E-state index contributed by atoms with van der Waals surface area (Å²) in [5, 5.41) is 0.0824. The molecular formula is C24H36ClN2O8PSi. The average Bonchev–Trinajstić information content (AvgIpc) is 3.12. The van der Waals surface area contributed by atoms with Crippen LogP contribution in [0.5, 0.6) is 5.75 Å². The fourth-order valence-corrected chi connectivity index (χ4v) is 6.54. The molecule has 1 aliphatic rings. The lowest BCUT2D eigenvalue weighted by atomic mass is 10.1. The Morgan fingerprint density at radius 1 is 1.22 bits per heavy atom. The van der Waals surface area contributed by atoms with E-state index in [0.717, 1.165) is 0 Å². The molecule has 13 heteroatoms. The molecule has 37 heavy (non-hydrogen) atoms. The quantitative estimate of drug-likeness (QED) is 0.332. The van der Waals surface area contributed by atoms with Crippen LogP contribution in [0.15, 0.2) is 40.1 Å². The van der Waals surface area contributed by atoms with E-state index in [4.69, 9.17) is 30.0 Å². The highest BCUT2D eigenvalue weighted by atomic mass is 35.5. The molecule has 3 rings (SSSR count). The summed E-state index contributed by atoms with van der Waals surface area (Å²) in [5.74, 6) is 0.110. The molecule has 10 nitrogen and oxygen atoms in total. The monoisotopic (exact) mass is 574 g/mol. The van der Waals surface area contributed by atoms with Gasteiger partial charge in [0.25, 0.3) is 5.56 Å². The van der Waals surface area contributed by atoms with Crippen LogP contribution < -0.4 is 15.8 Å². The van der Waals surface area contributed by atoms with Crippen molar-refractivity contribution in [1.29, 1.82) is 0 Å². The Morgan fingerprint density at radius 3 is 2.46 bits per heavy atom. The third-order valence-corrected chi connectivity index (χ3v) is 13.1. The Hall–Kier alpha value is -1.72. The Labute approximate surface area is 222 Å². The summed E-state index contributed by atoms with van der Waals surface area (Å²) in [6.45, 7) is 12.0. The number of aromatic nitrogens is 2. The number of halogens is 1. The molecule has 0 saturated carbocycles. The molecular weight excluding hydrogens is 539 g/mol. The lowest BCUT2D eigenvalue weighted by Gasteiger charge is -2.40. The maximum Gasteiger partial charge on any atom is 0.376 e. The minimum absolute atomic E-state index is 0.0883. The number of H-pyrrole nitrogens is 1. The van der Waals surface area contributed by atoms with Crippen LogP contribution in [0, 0.1) is 6.92 Å². The van der Waals surface area contributed by atoms with Crippen molar-refractivity contribution < 1.29 is 27.9 Å². The summed E-state index contributed by atoms with van der Waals surface area (Å²) in [4.78, 5) is 37.5. The van der Waals surface area contributed by atoms with E-state index in [1.807, 2.05) is 0 Å². The SMILES string of the molecule is CO[C@@H]1[C@H](O[Si](C)(C)C(C)(C)C)[C@@H](CCP(=O)(O)Oc2ccccc2Cl)O[C@H]1n1cc(C)c(=O)[nH]c1=O. The molecule has 2 aromatic rings. The van der Waals surface area contributed by atoms with Gasteiger partial charge in [0.1, 0.15) is 18.0 Å². The number of benzene rings is 1. The molecule has 1 unspecified atom stereocenters. The summed E-state index contributed by atoms with van der Waals surface area (Å²) in [6.07, 6.45) is -1.72. The number of aromatic amines is 1. The Bertz CT molecular complexity index is 1270. The highest BCUT2D eigenvalue weighted by Crippen LogP contribution is 2.48. The summed E-state index contributed by atoms with van der Waals surface area (Å²) in [7, 11) is -4.98. The first-order chi connectivity index (χ1) is 17.1. The predicted octanol–water partition coefficient (Wildman–Crippen LogP) is 4.46. The van der Waals surface area contributed by atoms with Crippen molar-refractivity contribution in [3.05, 3.63) is 61.9 Å². The summed E-state index contributed by atoms with van der Waals surface area (Å²) < 4.78 is 38.3. The van der Waals surface area contributed by atoms with Gasteiger partial charge >= 0.3 is 13.3 Å². The number of hydrogen-bond donors (Lipinski definition) is 2. The van der Waals surface area contributed by atoms with E-state index in [9.17, 15) is 19.0 Å². The first kappa shape index (κ1) is 29.8. The van der Waals surface area contributed by atoms with Gasteiger partial charge in [-0.15, -0.1) is 0 Å². The molecule has 1 aromatic heterocycles. The second-order valence-corrected chi connectivity index (χ2v) is 17.8. The van der Waals surface area contributed by atoms with E-state index in [0.29, 0.717) is 5.56 Å². The number of para-hydroxylation sites is 1. The van der Waals surface area contributed by atoms with Crippen LogP contribution in [0.2, 0.25) is 23.2 Å². The third-order valence-electron chi connectivity index (χ3n) is 6.99. The standard InChI is InChI=1S/C24H36ClN2O8PSi/c1-15-14-27(23(29)26-21(15)28)22-20(32-5)19(35-37(6,7)24(2,3)4)18(33-22)12-13-36(30,31)34-17-11-9-8-10-16(17)25/h8-11,14,18-20,22H,12-13H2,1-7H3,(H,30,31)(H,26,28,29)/t18-,19-,20-,22-/m1/s1. The van der Waals surface area contributed by atoms with Crippen molar-refractivity contribution in [2.75, 3.05) is 13.3 Å². The molecule has 5 atom stereocenters. The fourth-order valence-electron chi connectivity index (χ4n) is 3.86. The molecule has 1 aromatic carbocycles. The first-order valence-electron chi connectivity index (χ1n) is 12.0. The maximum atomic E-state index is 12.9. The van der Waals surface area contributed by atoms with Crippen molar-refractivity contribution in [3.8, 4) is 5.75 Å². The van der Waals surface area contributed by atoms with Crippen LogP contribution in [-0.4, -0.2) is 54.3 Å². The molecule has 2 N–H and O–H groups in total. The number of ether oxygens (including phenoxy) is 2. The van der Waals surface area contributed by atoms with Crippen LogP contribution in [0.4, 0.5) is 0 Å². The smallest absolute Gasteiger partial charge is 0.376 e. The van der Waals surface area contributed by atoms with Gasteiger partial charge in [-0.1, -0.05) is 44.5 Å². The molecule has 0 radical (unpaired) electrons. The van der Waals surface area contributed by atoms with Gasteiger partial charge in [0.15, 0.2) is 14.5 Å². The van der Waals surface area contributed by atoms with Crippen molar-refractivity contribution >= 4 is 27.5 Å². The zero-order chi connectivity index (χ0) is 27.8. The maximum absolute atomic E-state index is 12.9. The van der Waals surface area contributed by atoms with Gasteiger partial charge in [-0.25, -0.2) is 9.36 Å². The van der Waals surface area contributed by atoms with Crippen molar-refractivity contribution in [2.24, 2.45) is 0 Å². The number of aryl methyl sites for hydroxylation is 1. The molecule has 206 valence electrons. The van der Waals surface area contributed by atoms with Gasteiger partial charge < -0.3 is 23.3 Å². The van der Waals surface area contributed by atoms with Crippen LogP contribution in [0.3, 0.4) is 0 Å². The van der Waals surface area contributed by atoms with E-state index in [1.165, 1.54) is 23.9 Å². The topological polar surface area (TPSA) is 129 Å². The largest absolute Gasteiger partial charge is 0.423 e. The highest BCUT2D eigenvalue weighted by Gasteiger charge is 2.51. The lowest BCUT2D eigenvalue weighted by Crippen LogP contribution is -2.50. The minimum atomic E-state index is -4.11. The van der Waals surface area contributed by atoms with Gasteiger partial charge in [0, 0.05) is 18.9 Å². The molecule has 1 fully saturated rings. The van der Waals surface area contributed by atoms with Crippen LogP contribution in [0.1, 0.15) is 39.0 Å². The van der Waals surface area contributed by atoms with Gasteiger partial charge in [0.05, 0.1) is 17.3 Å². The number of nitrogens with one attached hydrogen (secondary N) is 1. The van der Waals surface area contributed by atoms with Crippen molar-refractivity contribution in [2.45, 2.75) is 76.8 Å². The zero-order valence-corrected chi connectivity index (χ0v) is 24.8. The second-order valence-electron chi connectivity index (χ2n) is 10.8. The average molecular weight is 575 g/mol. The summed E-state index contributed by atoms with van der Waals surface area (Å²) in [6, 6.07) is 6.43. The number of rotatable bonds is 9. The number of nitrogens with zero attached hydrogens (tertiary/aromatic N) is 1. The van der Waals surface area contributed by atoms with E-state index in [2.05, 4.69) is 38.8 Å². The van der Waals surface area contributed by atoms with E-state index in [1.54, 1.807) is 25.1 Å². The molecule has 0 amide bonds. The minimum Gasteiger partial charge on any atom is -0.423 e. The molecule has 2 heterocycles. The Balaban J connectivity index is 1.92. The molecule has 0 spiro atoms. The molecule has 0 bridgehead atoms. The Morgan fingerprint density at radius 2 is 1.86 bits per heavy atom.